The Morgan fingerprint density at radius 1 is 1.24 bits per heavy atom. The van der Waals surface area contributed by atoms with Crippen LogP contribution in [-0.2, 0) is 0 Å². The van der Waals surface area contributed by atoms with E-state index in [1.54, 1.807) is 0 Å². The molecule has 17 heavy (non-hydrogen) atoms. The van der Waals surface area contributed by atoms with Gasteiger partial charge in [-0.3, -0.25) is 4.39 Å². The highest BCUT2D eigenvalue weighted by Crippen LogP contribution is 2.32. The summed E-state index contributed by atoms with van der Waals surface area (Å²) in [6.45, 7) is 2.31. The second kappa shape index (κ2) is 6.60. The lowest BCUT2D eigenvalue weighted by molar-refractivity contribution is 0.283. The maximum absolute atomic E-state index is 12.1. The van der Waals surface area contributed by atoms with Gasteiger partial charge in [-0.25, -0.2) is 0 Å². The molecule has 1 aliphatic rings. The van der Waals surface area contributed by atoms with Crippen LogP contribution in [0.5, 0.6) is 5.75 Å². The van der Waals surface area contributed by atoms with Crippen molar-refractivity contribution in [3.05, 3.63) is 29.8 Å². The van der Waals surface area contributed by atoms with Gasteiger partial charge in [0.2, 0.25) is 0 Å². The van der Waals surface area contributed by atoms with Gasteiger partial charge in [-0.1, -0.05) is 18.2 Å². The van der Waals surface area contributed by atoms with E-state index >= 15 is 0 Å². The Bertz CT molecular complexity index is 337. The molecule has 0 saturated carbocycles. The smallest absolute Gasteiger partial charge is 0.122 e. The van der Waals surface area contributed by atoms with Gasteiger partial charge >= 0.3 is 0 Å². The van der Waals surface area contributed by atoms with Crippen LogP contribution in [0, 0.1) is 0 Å². The minimum absolute atomic E-state index is 0.310. The van der Waals surface area contributed by atoms with Crippen molar-refractivity contribution in [1.82, 2.24) is 5.32 Å². The number of alkyl halides is 1. The summed E-state index contributed by atoms with van der Waals surface area (Å²) in [4.78, 5) is 0. The summed E-state index contributed by atoms with van der Waals surface area (Å²) in [6, 6.07) is 8.17. The lowest BCUT2D eigenvalue weighted by Crippen LogP contribution is -2.26. The summed E-state index contributed by atoms with van der Waals surface area (Å²) < 4.78 is 17.7. The zero-order valence-corrected chi connectivity index (χ0v) is 10.1. The van der Waals surface area contributed by atoms with E-state index in [9.17, 15) is 4.39 Å². The van der Waals surface area contributed by atoms with Gasteiger partial charge in [-0.05, 0) is 43.5 Å². The lowest BCUT2D eigenvalue weighted by atomic mass is 9.89. The molecular formula is C14H20FNO. The Morgan fingerprint density at radius 2 is 2.00 bits per heavy atom. The van der Waals surface area contributed by atoms with Crippen LogP contribution in [0.25, 0.3) is 0 Å². The maximum Gasteiger partial charge on any atom is 0.122 e. The molecule has 3 heteroatoms. The number of hydrogen-bond donors (Lipinski definition) is 1. The van der Waals surface area contributed by atoms with Gasteiger partial charge in [0.15, 0.2) is 0 Å². The molecule has 2 nitrogen and oxygen atoms in total. The first-order valence-electron chi connectivity index (χ1n) is 6.40. The van der Waals surface area contributed by atoms with Crippen molar-refractivity contribution in [3.8, 4) is 5.75 Å². The van der Waals surface area contributed by atoms with Gasteiger partial charge in [0.1, 0.15) is 5.75 Å². The molecule has 1 N–H and O–H groups in total. The molecule has 0 atom stereocenters. The van der Waals surface area contributed by atoms with Crippen LogP contribution in [0.15, 0.2) is 24.3 Å². The molecule has 0 radical (unpaired) electrons. The fraction of sp³-hybridized carbons (Fsp3) is 0.571. The van der Waals surface area contributed by atoms with E-state index in [-0.39, 0.29) is 6.67 Å². The predicted molar refractivity (Wildman–Crippen MR) is 67.4 cm³/mol. The average molecular weight is 237 g/mol. The van der Waals surface area contributed by atoms with Crippen molar-refractivity contribution in [1.29, 1.82) is 0 Å². The summed E-state index contributed by atoms with van der Waals surface area (Å²) in [7, 11) is 0. The summed E-state index contributed by atoms with van der Waals surface area (Å²) in [5, 5.41) is 3.37. The number of benzene rings is 1. The van der Waals surface area contributed by atoms with Crippen LogP contribution in [0.4, 0.5) is 4.39 Å². The zero-order valence-electron chi connectivity index (χ0n) is 10.1. The summed E-state index contributed by atoms with van der Waals surface area (Å²) in [6.07, 6.45) is 2.79. The fourth-order valence-electron chi connectivity index (χ4n) is 2.32. The van der Waals surface area contributed by atoms with E-state index in [4.69, 9.17) is 4.74 Å². The number of rotatable bonds is 5. The van der Waals surface area contributed by atoms with Crippen molar-refractivity contribution < 1.29 is 9.13 Å². The average Bonchev–Trinajstić information content (AvgIpc) is 2.41. The molecule has 0 unspecified atom stereocenters. The van der Waals surface area contributed by atoms with Gasteiger partial charge in [-0.2, -0.15) is 0 Å². The molecule has 94 valence electrons. The number of para-hydroxylation sites is 1. The van der Waals surface area contributed by atoms with Crippen molar-refractivity contribution in [3.63, 3.8) is 0 Å². The number of halogens is 1. The topological polar surface area (TPSA) is 21.3 Å². The molecule has 2 rings (SSSR count). The number of nitrogens with one attached hydrogen (secondary N) is 1. The zero-order chi connectivity index (χ0) is 11.9. The summed E-state index contributed by atoms with van der Waals surface area (Å²) in [5.41, 5.74) is 1.29. The van der Waals surface area contributed by atoms with Gasteiger partial charge in [0.05, 0.1) is 13.3 Å². The third kappa shape index (κ3) is 3.43. The van der Waals surface area contributed by atoms with Crippen LogP contribution in [0.1, 0.15) is 30.7 Å². The van der Waals surface area contributed by atoms with Gasteiger partial charge in [-0.15, -0.1) is 0 Å². The highest BCUT2D eigenvalue weighted by Gasteiger charge is 2.18. The van der Waals surface area contributed by atoms with Crippen LogP contribution >= 0.6 is 0 Å². The van der Waals surface area contributed by atoms with E-state index in [0.29, 0.717) is 18.9 Å². The molecule has 1 saturated heterocycles. The fourth-order valence-corrected chi connectivity index (χ4v) is 2.32. The molecule has 0 amide bonds. The monoisotopic (exact) mass is 237 g/mol. The highest BCUT2D eigenvalue weighted by molar-refractivity contribution is 5.36. The summed E-state index contributed by atoms with van der Waals surface area (Å²) >= 11 is 0. The van der Waals surface area contributed by atoms with Crippen LogP contribution in [-0.4, -0.2) is 26.4 Å². The first kappa shape index (κ1) is 12.4. The second-order valence-electron chi connectivity index (χ2n) is 4.45. The highest BCUT2D eigenvalue weighted by atomic mass is 19.1. The Balaban J connectivity index is 2.03. The minimum atomic E-state index is -0.310. The molecule has 1 aromatic carbocycles. The number of piperidine rings is 1. The molecular weight excluding hydrogens is 217 g/mol. The Hall–Kier alpha value is -1.09. The third-order valence-electron chi connectivity index (χ3n) is 3.23. The first-order valence-corrected chi connectivity index (χ1v) is 6.40. The molecule has 1 aromatic rings. The quantitative estimate of drug-likeness (QED) is 0.795. The standard InChI is InChI=1S/C14H20FNO/c15-8-3-11-17-14-5-2-1-4-13(14)12-6-9-16-10-7-12/h1-2,4-5,12,16H,3,6-11H2. The van der Waals surface area contributed by atoms with Crippen molar-refractivity contribution in [2.75, 3.05) is 26.4 Å². The Morgan fingerprint density at radius 3 is 2.76 bits per heavy atom. The van der Waals surface area contributed by atoms with Crippen molar-refractivity contribution >= 4 is 0 Å². The molecule has 1 heterocycles. The first-order chi connectivity index (χ1) is 8.42. The normalized spacial score (nSPS) is 17.0. The number of ether oxygens (including phenoxy) is 1. The molecule has 0 bridgehead atoms. The SMILES string of the molecule is FCCCOc1ccccc1C1CCNCC1. The maximum atomic E-state index is 12.1. The molecule has 0 aliphatic carbocycles. The molecule has 0 aromatic heterocycles. The Labute approximate surface area is 102 Å². The third-order valence-corrected chi connectivity index (χ3v) is 3.23. The lowest BCUT2D eigenvalue weighted by Gasteiger charge is -2.24. The van der Waals surface area contributed by atoms with Gasteiger partial charge < -0.3 is 10.1 Å². The van der Waals surface area contributed by atoms with E-state index in [1.807, 2.05) is 12.1 Å². The van der Waals surface area contributed by atoms with E-state index < -0.39 is 0 Å². The van der Waals surface area contributed by atoms with Gasteiger partial charge in [0, 0.05) is 6.42 Å². The van der Waals surface area contributed by atoms with Crippen LogP contribution < -0.4 is 10.1 Å². The summed E-state index contributed by atoms with van der Waals surface area (Å²) in [5.74, 6) is 1.52. The largest absolute Gasteiger partial charge is 0.493 e. The Kier molecular flexibility index (Phi) is 4.80. The van der Waals surface area contributed by atoms with E-state index in [1.165, 1.54) is 5.56 Å². The number of hydrogen-bond acceptors (Lipinski definition) is 2. The van der Waals surface area contributed by atoms with Crippen molar-refractivity contribution in [2.24, 2.45) is 0 Å². The van der Waals surface area contributed by atoms with E-state index in [2.05, 4.69) is 17.4 Å². The van der Waals surface area contributed by atoms with E-state index in [0.717, 1.165) is 31.7 Å². The molecule has 1 aliphatic heterocycles. The second-order valence-corrected chi connectivity index (χ2v) is 4.45. The molecule has 0 spiro atoms. The predicted octanol–water partition coefficient (Wildman–Crippen LogP) is 2.89. The molecule has 1 fully saturated rings. The van der Waals surface area contributed by atoms with Crippen LogP contribution in [0.3, 0.4) is 0 Å². The van der Waals surface area contributed by atoms with Gasteiger partial charge in [0.25, 0.3) is 0 Å². The minimum Gasteiger partial charge on any atom is -0.493 e. The van der Waals surface area contributed by atoms with Crippen molar-refractivity contribution in [2.45, 2.75) is 25.2 Å². The van der Waals surface area contributed by atoms with Crippen LogP contribution in [0.2, 0.25) is 0 Å².